The van der Waals surface area contributed by atoms with Crippen LogP contribution in [0.5, 0.6) is 5.75 Å². The van der Waals surface area contributed by atoms with Gasteiger partial charge in [-0.15, -0.1) is 0 Å². The first kappa shape index (κ1) is 25.2. The molecule has 37 heavy (non-hydrogen) atoms. The van der Waals surface area contributed by atoms with Crippen molar-refractivity contribution in [1.82, 2.24) is 9.97 Å². The van der Waals surface area contributed by atoms with Crippen LogP contribution < -0.4 is 4.74 Å². The van der Waals surface area contributed by atoms with Crippen molar-refractivity contribution in [3.63, 3.8) is 0 Å². The van der Waals surface area contributed by atoms with E-state index in [1.165, 1.54) is 13.2 Å². The molecule has 0 aliphatic heterocycles. The van der Waals surface area contributed by atoms with Crippen molar-refractivity contribution >= 4 is 24.1 Å². The number of carbonyl (C=O) groups is 2. The van der Waals surface area contributed by atoms with Gasteiger partial charge in [-0.3, -0.25) is 0 Å². The maximum atomic E-state index is 11.4. The van der Waals surface area contributed by atoms with Gasteiger partial charge < -0.3 is 19.6 Å². The van der Waals surface area contributed by atoms with Gasteiger partial charge in [-0.05, 0) is 36.3 Å². The van der Waals surface area contributed by atoms with Gasteiger partial charge in [0.2, 0.25) is 0 Å². The van der Waals surface area contributed by atoms with E-state index in [0.717, 1.165) is 56.6 Å². The van der Waals surface area contributed by atoms with Crippen molar-refractivity contribution in [3.8, 4) is 39.7 Å². The lowest BCUT2D eigenvalue weighted by molar-refractivity contribution is -0.135. The predicted octanol–water partition coefficient (Wildman–Crippen LogP) is 6.01. The average molecular weight is 495 g/mol. The van der Waals surface area contributed by atoms with Gasteiger partial charge in [0.1, 0.15) is 11.6 Å². The van der Waals surface area contributed by atoms with Gasteiger partial charge >= 0.3 is 11.9 Å². The zero-order chi connectivity index (χ0) is 26.4. The highest BCUT2D eigenvalue weighted by Gasteiger charge is 2.17. The second-order valence-electron chi connectivity index (χ2n) is 8.21. The minimum absolute atomic E-state index is 0.417. The zero-order valence-electron chi connectivity index (χ0n) is 20.7. The molecular formula is C30H26N2O5. The fraction of sp³-hybridized carbons (Fsp3) is 0.100. The van der Waals surface area contributed by atoms with Crippen LogP contribution in [0, 0.1) is 6.92 Å². The predicted molar refractivity (Wildman–Crippen MR) is 144 cm³/mol. The number of methoxy groups -OCH3 is 2. The third-order valence-corrected chi connectivity index (χ3v) is 5.88. The Morgan fingerprint density at radius 3 is 2.08 bits per heavy atom. The van der Waals surface area contributed by atoms with Crippen molar-refractivity contribution in [2.75, 3.05) is 14.2 Å². The summed E-state index contributed by atoms with van der Waals surface area (Å²) in [5.41, 5.74) is 6.89. The fourth-order valence-electron chi connectivity index (χ4n) is 3.92. The number of benzene rings is 3. The van der Waals surface area contributed by atoms with Crippen LogP contribution in [0.1, 0.15) is 16.7 Å². The number of nitrogens with one attached hydrogen (secondary N) is 1. The Morgan fingerprint density at radius 2 is 1.49 bits per heavy atom. The molecule has 3 aromatic carbocycles. The molecule has 0 bridgehead atoms. The van der Waals surface area contributed by atoms with Gasteiger partial charge in [-0.2, -0.15) is 0 Å². The minimum atomic E-state index is -0.998. The number of carbonyl (C=O) groups excluding carboxylic acids is 1. The Morgan fingerprint density at radius 1 is 0.865 bits per heavy atom. The monoisotopic (exact) mass is 494 g/mol. The summed E-state index contributed by atoms with van der Waals surface area (Å²) in [4.78, 5) is 30.7. The highest BCUT2D eigenvalue weighted by atomic mass is 16.5. The Hall–Kier alpha value is -4.91. The minimum Gasteiger partial charge on any atom is -0.496 e. The molecule has 1 aromatic heterocycles. The number of aliphatic carboxylic acids is 1. The molecule has 7 nitrogen and oxygen atoms in total. The molecule has 4 aromatic rings. The number of imidazole rings is 1. The van der Waals surface area contributed by atoms with Crippen LogP contribution in [-0.2, 0) is 14.3 Å². The number of hydrogen-bond donors (Lipinski definition) is 2. The SMILES string of the molecule is COC(=O)/C=C/c1ccc(-c2[nH]c(-c3cccc(OC)c3C)nc2-c2ccc(/C=C/C(=O)O)cc2)cc1. The number of nitrogens with zero attached hydrogens (tertiary/aromatic N) is 1. The number of aromatic nitrogens is 2. The first-order valence-corrected chi connectivity index (χ1v) is 11.5. The molecule has 1 heterocycles. The van der Waals surface area contributed by atoms with E-state index in [1.54, 1.807) is 19.3 Å². The zero-order valence-corrected chi connectivity index (χ0v) is 20.7. The molecule has 0 unspecified atom stereocenters. The van der Waals surface area contributed by atoms with Crippen molar-refractivity contribution in [2.24, 2.45) is 0 Å². The van der Waals surface area contributed by atoms with E-state index in [4.69, 9.17) is 14.8 Å². The van der Waals surface area contributed by atoms with E-state index < -0.39 is 11.9 Å². The van der Waals surface area contributed by atoms with Gasteiger partial charge in [0.05, 0.1) is 25.6 Å². The topological polar surface area (TPSA) is 102 Å². The van der Waals surface area contributed by atoms with E-state index in [-0.39, 0.29) is 0 Å². The largest absolute Gasteiger partial charge is 0.496 e. The van der Waals surface area contributed by atoms with E-state index in [9.17, 15) is 9.59 Å². The van der Waals surface area contributed by atoms with E-state index in [1.807, 2.05) is 73.7 Å². The molecular weight excluding hydrogens is 468 g/mol. The number of carboxylic acid groups (broad SMARTS) is 1. The van der Waals surface area contributed by atoms with E-state index >= 15 is 0 Å². The number of H-pyrrole nitrogens is 1. The van der Waals surface area contributed by atoms with Crippen molar-refractivity contribution in [3.05, 3.63) is 95.6 Å². The van der Waals surface area contributed by atoms with Crippen LogP contribution in [0.25, 0.3) is 46.1 Å². The van der Waals surface area contributed by atoms with Gasteiger partial charge in [0.25, 0.3) is 0 Å². The lowest BCUT2D eigenvalue weighted by Crippen LogP contribution is -1.93. The summed E-state index contributed by atoms with van der Waals surface area (Å²) in [6.07, 6.45) is 5.72. The van der Waals surface area contributed by atoms with Crippen LogP contribution in [0.2, 0.25) is 0 Å². The number of esters is 1. The molecule has 0 spiro atoms. The third-order valence-electron chi connectivity index (χ3n) is 5.88. The Balaban J connectivity index is 1.79. The first-order valence-electron chi connectivity index (χ1n) is 11.5. The molecule has 0 atom stereocenters. The smallest absolute Gasteiger partial charge is 0.330 e. The highest BCUT2D eigenvalue weighted by molar-refractivity contribution is 5.88. The summed E-state index contributed by atoms with van der Waals surface area (Å²) >= 11 is 0. The van der Waals surface area contributed by atoms with Crippen molar-refractivity contribution in [1.29, 1.82) is 0 Å². The molecule has 2 N–H and O–H groups in total. The molecule has 0 saturated heterocycles. The lowest BCUT2D eigenvalue weighted by Gasteiger charge is -2.08. The molecule has 0 amide bonds. The van der Waals surface area contributed by atoms with Crippen LogP contribution in [0.15, 0.2) is 78.9 Å². The third kappa shape index (κ3) is 5.85. The van der Waals surface area contributed by atoms with Crippen LogP contribution in [-0.4, -0.2) is 41.2 Å². The summed E-state index contributed by atoms with van der Waals surface area (Å²) in [6.45, 7) is 1.99. The molecule has 4 rings (SSSR count). The number of rotatable bonds is 8. The van der Waals surface area contributed by atoms with Crippen molar-refractivity contribution in [2.45, 2.75) is 6.92 Å². The molecule has 0 fully saturated rings. The summed E-state index contributed by atoms with van der Waals surface area (Å²) in [5, 5.41) is 8.90. The lowest BCUT2D eigenvalue weighted by atomic mass is 10.0. The second kappa shape index (κ2) is 11.2. The summed E-state index contributed by atoms with van der Waals surface area (Å²) < 4.78 is 10.2. The van der Waals surface area contributed by atoms with Crippen LogP contribution >= 0.6 is 0 Å². The van der Waals surface area contributed by atoms with Crippen molar-refractivity contribution < 1.29 is 24.2 Å². The quantitative estimate of drug-likeness (QED) is 0.230. The Labute approximate surface area is 214 Å². The number of aromatic amines is 1. The Kier molecular flexibility index (Phi) is 7.64. The first-order chi connectivity index (χ1) is 17.9. The molecule has 0 aliphatic rings. The standard InChI is InChI=1S/C30H26N2O5/c1-19-24(5-4-6-25(19)36-2)30-31-28(22-13-7-20(8-14-22)11-17-26(33)34)29(32-30)23-15-9-21(10-16-23)12-18-27(35)37-3/h4-18H,1-3H3,(H,31,32)(H,33,34)/b17-11+,18-12+. The van der Waals surface area contributed by atoms with Gasteiger partial charge in [-0.1, -0.05) is 60.7 Å². The van der Waals surface area contributed by atoms with E-state index in [2.05, 4.69) is 9.72 Å². The van der Waals surface area contributed by atoms with Crippen LogP contribution in [0.3, 0.4) is 0 Å². The highest BCUT2D eigenvalue weighted by Crippen LogP contribution is 2.36. The Bertz CT molecular complexity index is 1480. The number of hydrogen-bond acceptors (Lipinski definition) is 5. The van der Waals surface area contributed by atoms with Gasteiger partial charge in [0.15, 0.2) is 0 Å². The fourth-order valence-corrected chi connectivity index (χ4v) is 3.92. The van der Waals surface area contributed by atoms with Gasteiger partial charge in [0, 0.05) is 34.4 Å². The van der Waals surface area contributed by atoms with E-state index in [0.29, 0.717) is 5.82 Å². The summed E-state index contributed by atoms with van der Waals surface area (Å²) in [6, 6.07) is 21.1. The summed E-state index contributed by atoms with van der Waals surface area (Å²) in [5.74, 6) is 0.0564. The maximum absolute atomic E-state index is 11.4. The van der Waals surface area contributed by atoms with Crippen LogP contribution in [0.4, 0.5) is 0 Å². The molecule has 0 saturated carbocycles. The number of carboxylic acids is 1. The second-order valence-corrected chi connectivity index (χ2v) is 8.21. The normalized spacial score (nSPS) is 11.2. The average Bonchev–Trinajstić information content (AvgIpc) is 3.36. The molecule has 7 heteroatoms. The molecule has 0 aliphatic carbocycles. The summed E-state index contributed by atoms with van der Waals surface area (Å²) in [7, 11) is 2.98. The number of ether oxygens (including phenoxy) is 2. The molecule has 0 radical (unpaired) electrons. The van der Waals surface area contributed by atoms with Gasteiger partial charge in [-0.25, -0.2) is 14.6 Å². The maximum Gasteiger partial charge on any atom is 0.330 e. The molecule has 186 valence electrons.